The second-order valence-electron chi connectivity index (χ2n) is 5.10. The molecule has 1 aliphatic heterocycles. The second kappa shape index (κ2) is 5.54. The quantitative estimate of drug-likeness (QED) is 0.903. The first-order valence-electron chi connectivity index (χ1n) is 6.76. The Morgan fingerprint density at radius 2 is 2.00 bits per heavy atom. The fourth-order valence-electron chi connectivity index (χ4n) is 2.67. The molecule has 1 saturated heterocycles. The Balaban J connectivity index is 1.91. The van der Waals surface area contributed by atoms with Gasteiger partial charge in [-0.25, -0.2) is 0 Å². The third kappa shape index (κ3) is 2.45. The highest BCUT2D eigenvalue weighted by atomic mass is 79.9. The minimum Gasteiger partial charge on any atom is -0.378 e. The molecule has 20 heavy (non-hydrogen) atoms. The lowest BCUT2D eigenvalue weighted by Gasteiger charge is -2.15. The second-order valence-corrected chi connectivity index (χ2v) is 5.96. The average molecular weight is 334 g/mol. The van der Waals surface area contributed by atoms with Crippen molar-refractivity contribution in [2.24, 2.45) is 5.92 Å². The zero-order valence-electron chi connectivity index (χ0n) is 11.2. The van der Waals surface area contributed by atoms with Crippen molar-refractivity contribution in [2.75, 3.05) is 11.9 Å². The fraction of sp³-hybridized carbons (Fsp3) is 0.312. The van der Waals surface area contributed by atoms with Crippen LogP contribution in [0.25, 0.3) is 10.8 Å². The largest absolute Gasteiger partial charge is 0.378 e. The molecule has 1 amide bonds. The smallest absolute Gasteiger partial charge is 0.230 e. The number of rotatable bonds is 2. The van der Waals surface area contributed by atoms with E-state index < -0.39 is 0 Å². The Morgan fingerprint density at radius 3 is 2.70 bits per heavy atom. The lowest BCUT2D eigenvalue weighted by atomic mass is 10.0. The van der Waals surface area contributed by atoms with E-state index in [0.29, 0.717) is 6.61 Å². The lowest BCUT2D eigenvalue weighted by Crippen LogP contribution is -2.27. The van der Waals surface area contributed by atoms with Gasteiger partial charge in [0, 0.05) is 22.2 Å². The van der Waals surface area contributed by atoms with Crippen LogP contribution in [0.15, 0.2) is 40.9 Å². The number of nitrogens with one attached hydrogen (secondary N) is 1. The first-order valence-corrected chi connectivity index (χ1v) is 7.56. The van der Waals surface area contributed by atoms with Gasteiger partial charge in [-0.05, 0) is 30.9 Å². The van der Waals surface area contributed by atoms with Crippen LogP contribution in [0, 0.1) is 5.92 Å². The highest BCUT2D eigenvalue weighted by Crippen LogP contribution is 2.31. The molecular weight excluding hydrogens is 318 g/mol. The van der Waals surface area contributed by atoms with E-state index in [1.807, 2.05) is 43.3 Å². The summed E-state index contributed by atoms with van der Waals surface area (Å²) in [6, 6.07) is 11.9. The summed E-state index contributed by atoms with van der Waals surface area (Å²) in [5.41, 5.74) is 0.855. The Labute approximate surface area is 126 Å². The van der Waals surface area contributed by atoms with Gasteiger partial charge >= 0.3 is 0 Å². The maximum atomic E-state index is 12.4. The predicted molar refractivity (Wildman–Crippen MR) is 83.8 cm³/mol. The molecule has 2 aromatic rings. The van der Waals surface area contributed by atoms with E-state index in [1.165, 1.54) is 0 Å². The number of hydrogen-bond donors (Lipinski definition) is 1. The topological polar surface area (TPSA) is 38.3 Å². The summed E-state index contributed by atoms with van der Waals surface area (Å²) in [4.78, 5) is 12.4. The zero-order valence-corrected chi connectivity index (χ0v) is 12.8. The van der Waals surface area contributed by atoms with Crippen LogP contribution in [0.4, 0.5) is 5.69 Å². The Hall–Kier alpha value is -1.39. The number of amides is 1. The van der Waals surface area contributed by atoms with Crippen molar-refractivity contribution in [2.45, 2.75) is 19.4 Å². The maximum Gasteiger partial charge on any atom is 0.230 e. The molecule has 1 aliphatic rings. The van der Waals surface area contributed by atoms with Gasteiger partial charge in [-0.2, -0.15) is 0 Å². The minimum atomic E-state index is -0.0580. The van der Waals surface area contributed by atoms with Crippen molar-refractivity contribution in [3.8, 4) is 0 Å². The van der Waals surface area contributed by atoms with Crippen molar-refractivity contribution in [1.82, 2.24) is 0 Å². The van der Waals surface area contributed by atoms with Gasteiger partial charge in [-0.1, -0.05) is 40.2 Å². The summed E-state index contributed by atoms with van der Waals surface area (Å²) in [6.45, 7) is 2.62. The first kappa shape index (κ1) is 13.6. The van der Waals surface area contributed by atoms with Crippen molar-refractivity contribution >= 4 is 38.3 Å². The van der Waals surface area contributed by atoms with E-state index in [1.54, 1.807) is 0 Å². The van der Waals surface area contributed by atoms with Crippen LogP contribution in [0.3, 0.4) is 0 Å². The molecule has 1 fully saturated rings. The van der Waals surface area contributed by atoms with Gasteiger partial charge < -0.3 is 10.1 Å². The van der Waals surface area contributed by atoms with Crippen molar-refractivity contribution in [3.63, 3.8) is 0 Å². The Morgan fingerprint density at radius 1 is 1.25 bits per heavy atom. The van der Waals surface area contributed by atoms with E-state index >= 15 is 0 Å². The highest BCUT2D eigenvalue weighted by Gasteiger charge is 2.30. The number of hydrogen-bond acceptors (Lipinski definition) is 2. The van der Waals surface area contributed by atoms with Crippen LogP contribution >= 0.6 is 15.9 Å². The standard InChI is InChI=1S/C16H16BrNO2/c1-10-11(8-9-20-10)16(19)18-15-7-6-14(17)12-4-2-3-5-13(12)15/h2-7,10-11H,8-9H2,1H3,(H,18,19). The lowest BCUT2D eigenvalue weighted by molar-refractivity contribution is -0.121. The van der Waals surface area contributed by atoms with E-state index in [0.717, 1.165) is 27.4 Å². The molecule has 1 N–H and O–H groups in total. The number of carbonyl (C=O) groups excluding carboxylic acids is 1. The molecule has 3 nitrogen and oxygen atoms in total. The number of ether oxygens (including phenoxy) is 1. The van der Waals surface area contributed by atoms with E-state index in [4.69, 9.17) is 4.74 Å². The fourth-order valence-corrected chi connectivity index (χ4v) is 3.15. The molecule has 2 aromatic carbocycles. The van der Waals surface area contributed by atoms with E-state index in [-0.39, 0.29) is 17.9 Å². The van der Waals surface area contributed by atoms with Crippen LogP contribution < -0.4 is 5.32 Å². The van der Waals surface area contributed by atoms with Crippen LogP contribution in [-0.2, 0) is 9.53 Å². The molecule has 104 valence electrons. The molecule has 2 unspecified atom stereocenters. The molecule has 1 heterocycles. The Bertz CT molecular complexity index is 656. The summed E-state index contributed by atoms with van der Waals surface area (Å²) < 4.78 is 6.49. The molecule has 3 rings (SSSR count). The van der Waals surface area contributed by atoms with Gasteiger partial charge in [-0.3, -0.25) is 4.79 Å². The van der Waals surface area contributed by atoms with Crippen LogP contribution in [-0.4, -0.2) is 18.6 Å². The van der Waals surface area contributed by atoms with Crippen LogP contribution in [0.1, 0.15) is 13.3 Å². The molecule has 0 saturated carbocycles. The number of fused-ring (bicyclic) bond motifs is 1. The monoisotopic (exact) mass is 333 g/mol. The molecule has 0 aromatic heterocycles. The van der Waals surface area contributed by atoms with E-state index in [9.17, 15) is 4.79 Å². The maximum absolute atomic E-state index is 12.4. The minimum absolute atomic E-state index is 0.00304. The van der Waals surface area contributed by atoms with Crippen molar-refractivity contribution in [1.29, 1.82) is 0 Å². The van der Waals surface area contributed by atoms with Crippen LogP contribution in [0.2, 0.25) is 0 Å². The van der Waals surface area contributed by atoms with Crippen molar-refractivity contribution in [3.05, 3.63) is 40.9 Å². The number of benzene rings is 2. The molecule has 0 aliphatic carbocycles. The summed E-state index contributed by atoms with van der Waals surface area (Å²) >= 11 is 3.54. The van der Waals surface area contributed by atoms with Gasteiger partial charge in [0.2, 0.25) is 5.91 Å². The van der Waals surface area contributed by atoms with Crippen molar-refractivity contribution < 1.29 is 9.53 Å². The predicted octanol–water partition coefficient (Wildman–Crippen LogP) is 3.97. The summed E-state index contributed by atoms with van der Waals surface area (Å²) in [7, 11) is 0. The number of halogens is 1. The molecular formula is C16H16BrNO2. The van der Waals surface area contributed by atoms with Gasteiger partial charge in [0.15, 0.2) is 0 Å². The zero-order chi connectivity index (χ0) is 14.1. The molecule has 4 heteroatoms. The number of carbonyl (C=O) groups is 1. The SMILES string of the molecule is CC1OCCC1C(=O)Nc1ccc(Br)c2ccccc12. The van der Waals surface area contributed by atoms with Gasteiger partial charge in [0.25, 0.3) is 0 Å². The third-order valence-corrected chi connectivity index (χ3v) is 4.53. The molecule has 2 atom stereocenters. The molecule has 0 bridgehead atoms. The highest BCUT2D eigenvalue weighted by molar-refractivity contribution is 9.10. The van der Waals surface area contributed by atoms with E-state index in [2.05, 4.69) is 21.2 Å². The van der Waals surface area contributed by atoms with Gasteiger partial charge in [0.1, 0.15) is 0 Å². The summed E-state index contributed by atoms with van der Waals surface area (Å²) in [6.07, 6.45) is 0.790. The Kier molecular flexibility index (Phi) is 3.76. The average Bonchev–Trinajstić information content (AvgIpc) is 2.88. The van der Waals surface area contributed by atoms with Gasteiger partial charge in [0.05, 0.1) is 12.0 Å². The normalized spacial score (nSPS) is 22.1. The first-order chi connectivity index (χ1) is 9.66. The van der Waals surface area contributed by atoms with Crippen LogP contribution in [0.5, 0.6) is 0 Å². The summed E-state index contributed by atoms with van der Waals surface area (Å²) in [5, 5.41) is 5.19. The van der Waals surface area contributed by atoms with Gasteiger partial charge in [-0.15, -0.1) is 0 Å². The molecule has 0 spiro atoms. The third-order valence-electron chi connectivity index (χ3n) is 3.84. The molecule has 0 radical (unpaired) electrons. The summed E-state index contributed by atoms with van der Waals surface area (Å²) in [5.74, 6) is -0.0140. The number of anilines is 1.